The molecule has 4 unspecified atom stereocenters. The van der Waals surface area contributed by atoms with E-state index in [9.17, 15) is 5.11 Å². The third-order valence-electron chi connectivity index (χ3n) is 4.57. The smallest absolute Gasteiger partial charge is 0.105 e. The maximum absolute atomic E-state index is 10.3. The Bertz CT molecular complexity index is 389. The molecule has 1 aromatic rings. The number of furan rings is 1. The molecule has 4 atom stereocenters. The minimum Gasteiger partial charge on any atom is -0.469 e. The average molecular weight is 265 g/mol. The minimum absolute atomic E-state index is 0.147. The number of hydrogen-bond donors (Lipinski definition) is 1. The minimum atomic E-state index is -0.147. The Kier molecular flexibility index (Phi) is 4.69. The van der Waals surface area contributed by atoms with Crippen LogP contribution in [-0.2, 0) is 6.54 Å². The van der Waals surface area contributed by atoms with E-state index in [1.54, 1.807) is 6.26 Å². The van der Waals surface area contributed by atoms with Crippen molar-refractivity contribution >= 4 is 0 Å². The van der Waals surface area contributed by atoms with Crippen molar-refractivity contribution in [3.05, 3.63) is 23.7 Å². The van der Waals surface area contributed by atoms with Crippen LogP contribution in [0.1, 0.15) is 38.0 Å². The Morgan fingerprint density at radius 1 is 1.37 bits per heavy atom. The average Bonchev–Trinajstić information content (AvgIpc) is 2.69. The number of aliphatic hydroxyl groups excluding tert-OH is 1. The van der Waals surface area contributed by atoms with Gasteiger partial charge in [-0.3, -0.25) is 0 Å². The van der Waals surface area contributed by atoms with Gasteiger partial charge in [0.15, 0.2) is 0 Å². The first-order chi connectivity index (χ1) is 8.97. The number of aliphatic hydroxyl groups is 1. The lowest BCUT2D eigenvalue weighted by molar-refractivity contribution is 0.000560. The fourth-order valence-electron chi connectivity index (χ4n) is 3.46. The van der Waals surface area contributed by atoms with Crippen molar-refractivity contribution in [3.63, 3.8) is 0 Å². The molecule has 1 fully saturated rings. The molecule has 1 aromatic heterocycles. The second kappa shape index (κ2) is 6.10. The van der Waals surface area contributed by atoms with Crippen molar-refractivity contribution in [3.8, 4) is 0 Å². The molecule has 0 amide bonds. The van der Waals surface area contributed by atoms with Crippen molar-refractivity contribution in [2.75, 3.05) is 13.6 Å². The van der Waals surface area contributed by atoms with Crippen LogP contribution in [0, 0.1) is 24.7 Å². The van der Waals surface area contributed by atoms with Gasteiger partial charge < -0.3 is 14.4 Å². The number of rotatable bonds is 4. The summed E-state index contributed by atoms with van der Waals surface area (Å²) in [6.45, 7) is 8.38. The second-order valence-electron chi connectivity index (χ2n) is 6.48. The third-order valence-corrected chi connectivity index (χ3v) is 4.57. The molecule has 0 aromatic carbocycles. The standard InChI is InChI=1S/C16H27NO2/c1-11-7-12(2)15(16(18)8-11)10-17(4)9-14-5-6-19-13(14)3/h5-6,11-12,15-16,18H,7-10H2,1-4H3. The Morgan fingerprint density at radius 2 is 2.11 bits per heavy atom. The van der Waals surface area contributed by atoms with Gasteiger partial charge in [-0.25, -0.2) is 0 Å². The van der Waals surface area contributed by atoms with Gasteiger partial charge in [0.1, 0.15) is 5.76 Å². The molecule has 0 spiro atoms. The maximum Gasteiger partial charge on any atom is 0.105 e. The molecule has 1 saturated carbocycles. The highest BCUT2D eigenvalue weighted by Gasteiger charge is 2.33. The summed E-state index contributed by atoms with van der Waals surface area (Å²) < 4.78 is 5.34. The summed E-state index contributed by atoms with van der Waals surface area (Å²) >= 11 is 0. The fraction of sp³-hybridized carbons (Fsp3) is 0.750. The van der Waals surface area contributed by atoms with E-state index in [1.165, 1.54) is 12.0 Å². The van der Waals surface area contributed by atoms with Crippen LogP contribution in [0.15, 0.2) is 16.7 Å². The summed E-state index contributed by atoms with van der Waals surface area (Å²) in [4.78, 5) is 2.30. The van der Waals surface area contributed by atoms with Gasteiger partial charge in [0.25, 0.3) is 0 Å². The van der Waals surface area contributed by atoms with Gasteiger partial charge in [-0.2, -0.15) is 0 Å². The molecule has 0 radical (unpaired) electrons. The Balaban J connectivity index is 1.91. The van der Waals surface area contributed by atoms with Crippen LogP contribution in [0.4, 0.5) is 0 Å². The molecule has 0 bridgehead atoms. The van der Waals surface area contributed by atoms with Crippen LogP contribution in [0.2, 0.25) is 0 Å². The molecule has 3 heteroatoms. The lowest BCUT2D eigenvalue weighted by atomic mass is 9.73. The number of nitrogens with zero attached hydrogens (tertiary/aromatic N) is 1. The maximum atomic E-state index is 10.3. The third kappa shape index (κ3) is 3.61. The van der Waals surface area contributed by atoms with E-state index in [1.807, 2.05) is 13.0 Å². The molecule has 2 rings (SSSR count). The monoisotopic (exact) mass is 265 g/mol. The Labute approximate surface area is 116 Å². The predicted octanol–water partition coefficient (Wildman–Crippen LogP) is 3.06. The zero-order valence-electron chi connectivity index (χ0n) is 12.6. The Hall–Kier alpha value is -0.800. The SMILES string of the molecule is Cc1occc1CN(C)CC1C(C)CC(C)CC1O. The highest BCUT2D eigenvalue weighted by atomic mass is 16.3. The van der Waals surface area contributed by atoms with Crippen LogP contribution in [0.25, 0.3) is 0 Å². The van der Waals surface area contributed by atoms with Crippen LogP contribution >= 0.6 is 0 Å². The first-order valence-electron chi connectivity index (χ1n) is 7.37. The first-order valence-corrected chi connectivity index (χ1v) is 7.37. The van der Waals surface area contributed by atoms with Gasteiger partial charge in [0, 0.05) is 24.6 Å². The van der Waals surface area contributed by atoms with Crippen LogP contribution in [0.3, 0.4) is 0 Å². The van der Waals surface area contributed by atoms with Gasteiger partial charge >= 0.3 is 0 Å². The Morgan fingerprint density at radius 3 is 2.68 bits per heavy atom. The molecule has 1 heterocycles. The van der Waals surface area contributed by atoms with Crippen LogP contribution in [0.5, 0.6) is 0 Å². The summed E-state index contributed by atoms with van der Waals surface area (Å²) in [5.74, 6) is 2.65. The quantitative estimate of drug-likeness (QED) is 0.909. The predicted molar refractivity (Wildman–Crippen MR) is 76.8 cm³/mol. The number of hydrogen-bond acceptors (Lipinski definition) is 3. The largest absolute Gasteiger partial charge is 0.469 e. The molecule has 1 N–H and O–H groups in total. The lowest BCUT2D eigenvalue weighted by Crippen LogP contribution is -2.41. The van der Waals surface area contributed by atoms with Gasteiger partial charge in [0.05, 0.1) is 12.4 Å². The van der Waals surface area contributed by atoms with Gasteiger partial charge in [-0.15, -0.1) is 0 Å². The zero-order chi connectivity index (χ0) is 14.0. The van der Waals surface area contributed by atoms with E-state index >= 15 is 0 Å². The first kappa shape index (κ1) is 14.6. The van der Waals surface area contributed by atoms with Crippen molar-refractivity contribution in [1.82, 2.24) is 4.90 Å². The lowest BCUT2D eigenvalue weighted by Gasteiger charge is -2.38. The summed E-state index contributed by atoms with van der Waals surface area (Å²) in [7, 11) is 2.13. The molecule has 1 aliphatic rings. The molecule has 108 valence electrons. The fourth-order valence-corrected chi connectivity index (χ4v) is 3.46. The van der Waals surface area contributed by atoms with Crippen LogP contribution in [-0.4, -0.2) is 29.7 Å². The van der Waals surface area contributed by atoms with E-state index in [0.29, 0.717) is 17.8 Å². The van der Waals surface area contributed by atoms with Gasteiger partial charge in [-0.05, 0) is 44.7 Å². The summed E-state index contributed by atoms with van der Waals surface area (Å²) in [6.07, 6.45) is 3.79. The van der Waals surface area contributed by atoms with Crippen LogP contribution < -0.4 is 0 Å². The zero-order valence-corrected chi connectivity index (χ0v) is 12.6. The topological polar surface area (TPSA) is 36.6 Å². The molecular weight excluding hydrogens is 238 g/mol. The van der Waals surface area contributed by atoms with E-state index < -0.39 is 0 Å². The summed E-state index contributed by atoms with van der Waals surface area (Å²) in [5.41, 5.74) is 1.24. The summed E-state index contributed by atoms with van der Waals surface area (Å²) in [5, 5.41) is 10.3. The highest BCUT2D eigenvalue weighted by molar-refractivity contribution is 5.15. The van der Waals surface area contributed by atoms with E-state index in [-0.39, 0.29) is 6.10 Å². The highest BCUT2D eigenvalue weighted by Crippen LogP contribution is 2.34. The molecule has 3 nitrogen and oxygen atoms in total. The van der Waals surface area contributed by atoms with Crippen molar-refractivity contribution in [1.29, 1.82) is 0 Å². The van der Waals surface area contributed by atoms with Crippen molar-refractivity contribution < 1.29 is 9.52 Å². The van der Waals surface area contributed by atoms with Gasteiger partial charge in [0.2, 0.25) is 0 Å². The number of aryl methyl sites for hydroxylation is 1. The molecular formula is C16H27NO2. The van der Waals surface area contributed by atoms with Gasteiger partial charge in [-0.1, -0.05) is 13.8 Å². The second-order valence-corrected chi connectivity index (χ2v) is 6.48. The molecule has 0 aliphatic heterocycles. The van der Waals surface area contributed by atoms with E-state index in [0.717, 1.165) is 25.3 Å². The van der Waals surface area contributed by atoms with E-state index in [2.05, 4.69) is 25.8 Å². The van der Waals surface area contributed by atoms with E-state index in [4.69, 9.17) is 4.42 Å². The molecule has 0 saturated heterocycles. The molecule has 1 aliphatic carbocycles. The van der Waals surface area contributed by atoms with Crippen molar-refractivity contribution in [2.45, 2.75) is 46.3 Å². The normalized spacial score (nSPS) is 31.9. The van der Waals surface area contributed by atoms with Crippen molar-refractivity contribution in [2.24, 2.45) is 17.8 Å². The summed E-state index contributed by atoms with van der Waals surface area (Å²) in [6, 6.07) is 2.04. The molecule has 19 heavy (non-hydrogen) atoms.